The van der Waals surface area contributed by atoms with E-state index in [0.717, 1.165) is 12.8 Å². The summed E-state index contributed by atoms with van der Waals surface area (Å²) in [7, 11) is 0. The maximum absolute atomic E-state index is 11.2. The molecule has 74 valence electrons. The molecule has 0 bridgehead atoms. The van der Waals surface area contributed by atoms with Crippen LogP contribution in [0.5, 0.6) is 0 Å². The quantitative estimate of drug-likeness (QED) is 0.273. The number of ether oxygens (including phenoxy) is 1. The van der Waals surface area contributed by atoms with Crippen molar-refractivity contribution in [3.8, 4) is 0 Å². The molecule has 2 heteroatoms. The van der Waals surface area contributed by atoms with Gasteiger partial charge in [-0.15, -0.1) is 0 Å². The molecular formula is C11H18O2. The van der Waals surface area contributed by atoms with Crippen molar-refractivity contribution in [1.29, 1.82) is 0 Å². The van der Waals surface area contributed by atoms with Crippen molar-refractivity contribution < 1.29 is 9.53 Å². The van der Waals surface area contributed by atoms with Gasteiger partial charge in [-0.05, 0) is 19.8 Å². The molecule has 0 spiro atoms. The predicted octanol–water partition coefficient (Wildman–Crippen LogP) is 2.85. The summed E-state index contributed by atoms with van der Waals surface area (Å²) in [6, 6.07) is 0. The molecule has 0 aliphatic carbocycles. The minimum absolute atomic E-state index is 0.272. The highest BCUT2D eigenvalue weighted by Crippen LogP contribution is 2.02. The maximum Gasteiger partial charge on any atom is 0.333 e. The van der Waals surface area contributed by atoms with Gasteiger partial charge >= 0.3 is 5.97 Å². The van der Waals surface area contributed by atoms with Crippen LogP contribution >= 0.6 is 0 Å². The Morgan fingerprint density at radius 3 is 2.77 bits per heavy atom. The van der Waals surface area contributed by atoms with E-state index in [1.807, 2.05) is 19.1 Å². The van der Waals surface area contributed by atoms with Crippen molar-refractivity contribution in [2.45, 2.75) is 33.1 Å². The van der Waals surface area contributed by atoms with Crippen molar-refractivity contribution in [2.75, 3.05) is 6.61 Å². The summed E-state index contributed by atoms with van der Waals surface area (Å²) >= 11 is 0. The van der Waals surface area contributed by atoms with E-state index in [1.54, 1.807) is 0 Å². The van der Waals surface area contributed by atoms with Gasteiger partial charge < -0.3 is 4.74 Å². The van der Waals surface area contributed by atoms with Crippen LogP contribution in [0.2, 0.25) is 0 Å². The molecular weight excluding hydrogens is 164 g/mol. The van der Waals surface area contributed by atoms with E-state index in [-0.39, 0.29) is 5.97 Å². The number of unbranched alkanes of at least 4 members (excludes halogenated alkanes) is 1. The van der Waals surface area contributed by atoms with Crippen LogP contribution in [0.25, 0.3) is 0 Å². The van der Waals surface area contributed by atoms with E-state index >= 15 is 0 Å². The topological polar surface area (TPSA) is 26.3 Å². The zero-order valence-electron chi connectivity index (χ0n) is 8.51. The Labute approximate surface area is 80.3 Å². The molecule has 0 saturated heterocycles. The van der Waals surface area contributed by atoms with Gasteiger partial charge in [-0.25, -0.2) is 4.79 Å². The Bertz CT molecular complexity index is 192. The number of allylic oxidation sites excluding steroid dienone is 2. The zero-order chi connectivity index (χ0) is 10.1. The number of hydrogen-bond acceptors (Lipinski definition) is 2. The average Bonchev–Trinajstić information content (AvgIpc) is 2.14. The summed E-state index contributed by atoms with van der Waals surface area (Å²) in [6.07, 6.45) is 6.33. The lowest BCUT2D eigenvalue weighted by Crippen LogP contribution is -2.07. The van der Waals surface area contributed by atoms with Crippen LogP contribution < -0.4 is 0 Å². The molecule has 0 aromatic carbocycles. The van der Waals surface area contributed by atoms with Crippen molar-refractivity contribution in [1.82, 2.24) is 0 Å². The standard InChI is InChI=1S/C11H18O2/c1-4-6-8-10(3)11(12)13-9-7-5-2/h4,6H,3,5,7-9H2,1-2H3/b6-4+. The Morgan fingerprint density at radius 2 is 2.23 bits per heavy atom. The third-order valence-electron chi connectivity index (χ3n) is 1.62. The smallest absolute Gasteiger partial charge is 0.333 e. The van der Waals surface area contributed by atoms with E-state index in [0.29, 0.717) is 18.6 Å². The second-order valence-electron chi connectivity index (χ2n) is 2.87. The van der Waals surface area contributed by atoms with Gasteiger partial charge in [-0.3, -0.25) is 0 Å². The van der Waals surface area contributed by atoms with Crippen molar-refractivity contribution in [2.24, 2.45) is 0 Å². The highest BCUT2D eigenvalue weighted by atomic mass is 16.5. The van der Waals surface area contributed by atoms with E-state index in [2.05, 4.69) is 13.5 Å². The van der Waals surface area contributed by atoms with Crippen LogP contribution in [-0.2, 0) is 9.53 Å². The summed E-state index contributed by atoms with van der Waals surface area (Å²) in [5.41, 5.74) is 0.522. The number of carbonyl (C=O) groups excluding carboxylic acids is 1. The van der Waals surface area contributed by atoms with Crippen molar-refractivity contribution in [3.63, 3.8) is 0 Å². The Hall–Kier alpha value is -1.05. The summed E-state index contributed by atoms with van der Waals surface area (Å²) < 4.78 is 4.97. The SMILES string of the molecule is C=C(C/C=C/C)C(=O)OCCCC. The fourth-order valence-electron chi connectivity index (χ4n) is 0.755. The van der Waals surface area contributed by atoms with Crippen molar-refractivity contribution in [3.05, 3.63) is 24.3 Å². The van der Waals surface area contributed by atoms with Gasteiger partial charge in [0.2, 0.25) is 0 Å². The third kappa shape index (κ3) is 6.14. The Morgan fingerprint density at radius 1 is 1.54 bits per heavy atom. The molecule has 0 N–H and O–H groups in total. The lowest BCUT2D eigenvalue weighted by Gasteiger charge is -2.03. The fraction of sp³-hybridized carbons (Fsp3) is 0.545. The molecule has 0 aliphatic rings. The number of esters is 1. The maximum atomic E-state index is 11.2. The van der Waals surface area contributed by atoms with Gasteiger partial charge in [-0.2, -0.15) is 0 Å². The van der Waals surface area contributed by atoms with E-state index in [1.165, 1.54) is 0 Å². The molecule has 0 atom stereocenters. The lowest BCUT2D eigenvalue weighted by atomic mass is 10.2. The molecule has 0 radical (unpaired) electrons. The summed E-state index contributed by atoms with van der Waals surface area (Å²) in [4.78, 5) is 11.2. The van der Waals surface area contributed by atoms with Crippen LogP contribution in [0.15, 0.2) is 24.3 Å². The molecule has 0 amide bonds. The lowest BCUT2D eigenvalue weighted by molar-refractivity contribution is -0.139. The van der Waals surface area contributed by atoms with Crippen LogP contribution in [0, 0.1) is 0 Å². The van der Waals surface area contributed by atoms with E-state index < -0.39 is 0 Å². The van der Waals surface area contributed by atoms with E-state index in [9.17, 15) is 4.79 Å². The molecule has 0 aromatic heterocycles. The highest BCUT2D eigenvalue weighted by Gasteiger charge is 2.05. The predicted molar refractivity (Wildman–Crippen MR) is 54.4 cm³/mol. The molecule has 0 unspecified atom stereocenters. The second-order valence-corrected chi connectivity index (χ2v) is 2.87. The molecule has 0 aromatic rings. The average molecular weight is 182 g/mol. The fourth-order valence-corrected chi connectivity index (χ4v) is 0.755. The minimum Gasteiger partial charge on any atom is -0.462 e. The number of rotatable bonds is 6. The third-order valence-corrected chi connectivity index (χ3v) is 1.62. The van der Waals surface area contributed by atoms with Crippen molar-refractivity contribution >= 4 is 5.97 Å². The zero-order valence-corrected chi connectivity index (χ0v) is 8.51. The van der Waals surface area contributed by atoms with Gasteiger partial charge in [0.25, 0.3) is 0 Å². The van der Waals surface area contributed by atoms with Crippen LogP contribution in [-0.4, -0.2) is 12.6 Å². The second kappa shape index (κ2) is 7.59. The number of carbonyl (C=O) groups is 1. The number of hydrogen-bond donors (Lipinski definition) is 0. The van der Waals surface area contributed by atoms with Crippen LogP contribution in [0.1, 0.15) is 33.1 Å². The first kappa shape index (κ1) is 11.9. The summed E-state index contributed by atoms with van der Waals surface area (Å²) in [5.74, 6) is -0.272. The first-order chi connectivity index (χ1) is 6.22. The largest absolute Gasteiger partial charge is 0.462 e. The van der Waals surface area contributed by atoms with Crippen LogP contribution in [0.3, 0.4) is 0 Å². The first-order valence-corrected chi connectivity index (χ1v) is 4.68. The molecule has 13 heavy (non-hydrogen) atoms. The van der Waals surface area contributed by atoms with Gasteiger partial charge in [0.05, 0.1) is 6.61 Å². The Balaban J connectivity index is 3.63. The summed E-state index contributed by atoms with van der Waals surface area (Å²) in [5, 5.41) is 0. The monoisotopic (exact) mass is 182 g/mol. The van der Waals surface area contributed by atoms with Gasteiger partial charge in [0, 0.05) is 5.57 Å². The molecule has 0 heterocycles. The first-order valence-electron chi connectivity index (χ1n) is 4.68. The van der Waals surface area contributed by atoms with Gasteiger partial charge in [-0.1, -0.05) is 32.1 Å². The van der Waals surface area contributed by atoms with Gasteiger partial charge in [0.15, 0.2) is 0 Å². The molecule has 2 nitrogen and oxygen atoms in total. The summed E-state index contributed by atoms with van der Waals surface area (Å²) in [6.45, 7) is 8.12. The normalized spacial score (nSPS) is 10.3. The van der Waals surface area contributed by atoms with Gasteiger partial charge in [0.1, 0.15) is 0 Å². The molecule has 0 rings (SSSR count). The minimum atomic E-state index is -0.272. The molecule has 0 fully saturated rings. The molecule has 0 aliphatic heterocycles. The molecule has 0 saturated carbocycles. The Kier molecular flexibility index (Phi) is 6.98. The van der Waals surface area contributed by atoms with Crippen LogP contribution in [0.4, 0.5) is 0 Å². The highest BCUT2D eigenvalue weighted by molar-refractivity contribution is 5.87. The van der Waals surface area contributed by atoms with E-state index in [4.69, 9.17) is 4.74 Å².